The van der Waals surface area contributed by atoms with Gasteiger partial charge in [0.15, 0.2) is 5.69 Å². The molecule has 1 amide bonds. The fourth-order valence-electron chi connectivity index (χ4n) is 2.95. The van der Waals surface area contributed by atoms with Crippen molar-refractivity contribution in [2.45, 2.75) is 19.9 Å². The lowest BCUT2D eigenvalue weighted by Crippen LogP contribution is -2.32. The molecule has 2 heterocycles. The molecule has 0 fully saturated rings. The molecule has 3 rings (SSSR count). The van der Waals surface area contributed by atoms with Crippen LogP contribution in [0.5, 0.6) is 0 Å². The van der Waals surface area contributed by atoms with Crippen LogP contribution in [0.1, 0.15) is 23.0 Å². The Morgan fingerprint density at radius 3 is 2.59 bits per heavy atom. The van der Waals surface area contributed by atoms with Crippen LogP contribution in [-0.2, 0) is 17.8 Å². The summed E-state index contributed by atoms with van der Waals surface area (Å²) in [5.74, 6) is -1.66. The first kappa shape index (κ1) is 20.0. The first-order valence-corrected chi connectivity index (χ1v) is 9.00. The minimum atomic E-state index is -1.31. The second-order valence-electron chi connectivity index (χ2n) is 6.63. The fourth-order valence-corrected chi connectivity index (χ4v) is 2.95. The smallest absolute Gasteiger partial charge is 0.356 e. The van der Waals surface area contributed by atoms with E-state index >= 15 is 0 Å². The van der Waals surface area contributed by atoms with Gasteiger partial charge in [-0.15, -0.1) is 0 Å². The third-order valence-electron chi connectivity index (χ3n) is 4.51. The van der Waals surface area contributed by atoms with E-state index in [4.69, 9.17) is 0 Å². The Hall–Kier alpha value is -3.75. The van der Waals surface area contributed by atoms with Crippen LogP contribution < -0.4 is 10.9 Å². The molecule has 0 aliphatic heterocycles. The zero-order chi connectivity index (χ0) is 21.1. The molecule has 29 heavy (non-hydrogen) atoms. The van der Waals surface area contributed by atoms with E-state index in [1.807, 2.05) is 24.3 Å². The third-order valence-corrected chi connectivity index (χ3v) is 4.51. The van der Waals surface area contributed by atoms with Gasteiger partial charge in [0.25, 0.3) is 5.56 Å². The molecular formula is C20H21N5O4. The number of aryl methyl sites for hydroxylation is 1. The van der Waals surface area contributed by atoms with Crippen LogP contribution in [0.15, 0.2) is 41.5 Å². The van der Waals surface area contributed by atoms with Crippen molar-refractivity contribution >= 4 is 34.0 Å². The van der Waals surface area contributed by atoms with Crippen LogP contribution >= 0.6 is 0 Å². The van der Waals surface area contributed by atoms with Crippen molar-refractivity contribution in [2.75, 3.05) is 19.4 Å². The van der Waals surface area contributed by atoms with Crippen molar-refractivity contribution in [2.24, 2.45) is 0 Å². The molecule has 0 aliphatic carbocycles. The molecule has 0 spiro atoms. The highest BCUT2D eigenvalue weighted by Gasteiger charge is 2.24. The molecule has 0 radical (unpaired) electrons. The number of fused-ring (bicyclic) bond motifs is 1. The largest absolute Gasteiger partial charge is 0.476 e. The van der Waals surface area contributed by atoms with Gasteiger partial charge >= 0.3 is 5.97 Å². The number of carbonyl (C=O) groups is 2. The van der Waals surface area contributed by atoms with Gasteiger partial charge in [0.2, 0.25) is 5.91 Å². The number of hydrogen-bond acceptors (Lipinski definition) is 6. The molecule has 2 N–H and O–H groups in total. The van der Waals surface area contributed by atoms with Crippen molar-refractivity contribution in [1.29, 1.82) is 0 Å². The molecule has 9 heteroatoms. The van der Waals surface area contributed by atoms with E-state index < -0.39 is 11.5 Å². The van der Waals surface area contributed by atoms with Gasteiger partial charge in [0, 0.05) is 43.2 Å². The van der Waals surface area contributed by atoms with Gasteiger partial charge in [-0.3, -0.25) is 14.6 Å². The summed E-state index contributed by atoms with van der Waals surface area (Å²) in [5.41, 5.74) is -0.264. The van der Waals surface area contributed by atoms with Gasteiger partial charge in [-0.25, -0.2) is 9.48 Å². The number of rotatable bonds is 6. The van der Waals surface area contributed by atoms with Gasteiger partial charge in [-0.2, -0.15) is 5.10 Å². The van der Waals surface area contributed by atoms with Gasteiger partial charge < -0.3 is 15.3 Å². The maximum Gasteiger partial charge on any atom is 0.356 e. The number of pyridine rings is 1. The van der Waals surface area contributed by atoms with Crippen molar-refractivity contribution in [1.82, 2.24) is 19.7 Å². The Bertz CT molecular complexity index is 1150. The Morgan fingerprint density at radius 2 is 1.93 bits per heavy atom. The number of carbonyl (C=O) groups excluding carboxylic acids is 1. The number of hydrogen-bond donors (Lipinski definition) is 2. The summed E-state index contributed by atoms with van der Waals surface area (Å²) in [7, 11) is 3.12. The summed E-state index contributed by atoms with van der Waals surface area (Å²) in [6.07, 6.45) is 2.97. The molecule has 0 bridgehead atoms. The van der Waals surface area contributed by atoms with E-state index in [1.54, 1.807) is 33.4 Å². The maximum absolute atomic E-state index is 13.0. The Kier molecular flexibility index (Phi) is 5.58. The fraction of sp³-hybridized carbons (Fsp3) is 0.250. The molecule has 0 aliphatic rings. The summed E-state index contributed by atoms with van der Waals surface area (Å²) in [6.45, 7) is 1.87. The number of anilines is 2. The monoisotopic (exact) mass is 395 g/mol. The predicted molar refractivity (Wildman–Crippen MR) is 109 cm³/mol. The summed E-state index contributed by atoms with van der Waals surface area (Å²) in [4.78, 5) is 42.7. The number of carboxylic acids is 1. The molecule has 1 aromatic carbocycles. The van der Waals surface area contributed by atoms with Crippen LogP contribution in [0, 0.1) is 0 Å². The lowest BCUT2D eigenvalue weighted by molar-refractivity contribution is -0.127. The minimum absolute atomic E-state index is 0.00704. The van der Waals surface area contributed by atoms with Gasteiger partial charge in [-0.05, 0) is 6.92 Å². The van der Waals surface area contributed by atoms with E-state index in [0.717, 1.165) is 15.5 Å². The molecule has 0 atom stereocenters. The van der Waals surface area contributed by atoms with E-state index in [0.29, 0.717) is 5.69 Å². The Labute approximate surface area is 166 Å². The first-order chi connectivity index (χ1) is 13.8. The lowest BCUT2D eigenvalue weighted by Gasteiger charge is -2.18. The number of aromatic nitrogens is 3. The van der Waals surface area contributed by atoms with Gasteiger partial charge in [0.05, 0.1) is 18.3 Å². The van der Waals surface area contributed by atoms with Crippen LogP contribution in [0.4, 0.5) is 11.4 Å². The zero-order valence-electron chi connectivity index (χ0n) is 16.3. The number of nitrogens with one attached hydrogen (secondary N) is 1. The molecule has 0 unspecified atom stereocenters. The van der Waals surface area contributed by atoms with Crippen molar-refractivity contribution in [3.05, 3.63) is 58.3 Å². The predicted octanol–water partition coefficient (Wildman–Crippen LogP) is 1.88. The van der Waals surface area contributed by atoms with Crippen LogP contribution in [-0.4, -0.2) is 50.7 Å². The normalized spacial score (nSPS) is 10.7. The number of nitrogens with zero attached hydrogens (tertiary/aromatic N) is 4. The average molecular weight is 395 g/mol. The summed E-state index contributed by atoms with van der Waals surface area (Å²) >= 11 is 0. The highest BCUT2D eigenvalue weighted by molar-refractivity contribution is 5.96. The van der Waals surface area contributed by atoms with Crippen LogP contribution in [0.2, 0.25) is 0 Å². The number of benzene rings is 1. The van der Waals surface area contributed by atoms with E-state index in [-0.39, 0.29) is 35.8 Å². The average Bonchev–Trinajstić information content (AvgIpc) is 2.70. The minimum Gasteiger partial charge on any atom is -0.476 e. The number of carboxylic acid groups (broad SMARTS) is 1. The number of likely N-dealkylation sites (N-methyl/N-ethyl adjacent to an activating group) is 1. The van der Waals surface area contributed by atoms with Crippen molar-refractivity contribution in [3.63, 3.8) is 0 Å². The summed E-state index contributed by atoms with van der Waals surface area (Å²) in [6, 6.07) is 7.46. The molecule has 0 saturated heterocycles. The number of aromatic carboxylic acids is 1. The number of amides is 1. The summed E-state index contributed by atoms with van der Waals surface area (Å²) in [5, 5.41) is 18.3. The highest BCUT2D eigenvalue weighted by Crippen LogP contribution is 2.26. The Balaban J connectivity index is 2.24. The molecule has 150 valence electrons. The molecule has 3 aromatic rings. The summed E-state index contributed by atoms with van der Waals surface area (Å²) < 4.78 is 1.06. The second-order valence-corrected chi connectivity index (χ2v) is 6.63. The van der Waals surface area contributed by atoms with E-state index in [2.05, 4.69) is 15.4 Å². The zero-order valence-corrected chi connectivity index (χ0v) is 16.3. The molecule has 0 saturated carbocycles. The maximum atomic E-state index is 13.0. The van der Waals surface area contributed by atoms with Gasteiger partial charge in [0.1, 0.15) is 5.69 Å². The van der Waals surface area contributed by atoms with E-state index in [9.17, 15) is 19.5 Å². The second kappa shape index (κ2) is 8.09. The standard InChI is InChI=1S/C20H21N5O4/c1-4-25-19(27)17(14(9-16(26)24(2)3)18(23-25)20(28)29)22-15-11-21-10-12-7-5-6-8-13(12)15/h5-8,10-11,22H,4,9H2,1-3H3,(H,28,29). The van der Waals surface area contributed by atoms with Crippen molar-refractivity contribution < 1.29 is 14.7 Å². The van der Waals surface area contributed by atoms with Crippen LogP contribution in [0.3, 0.4) is 0 Å². The first-order valence-electron chi connectivity index (χ1n) is 9.00. The quantitative estimate of drug-likeness (QED) is 0.654. The molecule has 9 nitrogen and oxygen atoms in total. The molecule has 2 aromatic heterocycles. The Morgan fingerprint density at radius 1 is 1.21 bits per heavy atom. The molecular weight excluding hydrogens is 374 g/mol. The van der Waals surface area contributed by atoms with Gasteiger partial charge in [-0.1, -0.05) is 24.3 Å². The highest BCUT2D eigenvalue weighted by atomic mass is 16.4. The topological polar surface area (TPSA) is 117 Å². The van der Waals surface area contributed by atoms with E-state index in [1.165, 1.54) is 4.90 Å². The van der Waals surface area contributed by atoms with Crippen LogP contribution in [0.25, 0.3) is 10.8 Å². The lowest BCUT2D eigenvalue weighted by atomic mass is 10.1. The van der Waals surface area contributed by atoms with Crippen molar-refractivity contribution in [3.8, 4) is 0 Å². The third kappa shape index (κ3) is 3.93. The SMILES string of the molecule is CCn1nc(C(=O)O)c(CC(=O)N(C)C)c(Nc2cncc3ccccc23)c1=O.